The number of nitrogens with one attached hydrogen (secondary N) is 1. The first-order chi connectivity index (χ1) is 7.12. The number of hydrogen-bond acceptors (Lipinski definition) is 3. The molecule has 0 radical (unpaired) electrons. The Hall–Kier alpha value is -0.610. The van der Waals surface area contributed by atoms with Gasteiger partial charge in [0.1, 0.15) is 0 Å². The van der Waals surface area contributed by atoms with Crippen molar-refractivity contribution in [2.24, 2.45) is 5.41 Å². The second-order valence-electron chi connectivity index (χ2n) is 5.03. The van der Waals surface area contributed by atoms with E-state index in [-0.39, 0.29) is 17.4 Å². The highest BCUT2D eigenvalue weighted by Gasteiger charge is 2.39. The molecule has 0 aromatic rings. The number of rotatable bonds is 1. The Morgan fingerprint density at radius 3 is 2.93 bits per heavy atom. The first kappa shape index (κ1) is 10.9. The molecule has 0 bridgehead atoms. The van der Waals surface area contributed by atoms with Crippen LogP contribution in [0.3, 0.4) is 0 Å². The van der Waals surface area contributed by atoms with Gasteiger partial charge in [-0.25, -0.2) is 0 Å². The average Bonchev–Trinajstić information content (AvgIpc) is 2.65. The molecule has 0 aromatic carbocycles. The third-order valence-electron chi connectivity index (χ3n) is 3.56. The van der Waals surface area contributed by atoms with Crippen molar-refractivity contribution in [2.75, 3.05) is 26.2 Å². The Morgan fingerprint density at radius 1 is 1.60 bits per heavy atom. The lowest BCUT2D eigenvalue weighted by Crippen LogP contribution is -2.49. The SMILES string of the molecule is CC1(C(=O)N2CC[C@H](O)C2)CCCNC1. The van der Waals surface area contributed by atoms with E-state index in [1.165, 1.54) is 0 Å². The van der Waals surface area contributed by atoms with Gasteiger partial charge in [-0.2, -0.15) is 0 Å². The van der Waals surface area contributed by atoms with E-state index in [1.54, 1.807) is 0 Å². The van der Waals surface area contributed by atoms with E-state index in [4.69, 9.17) is 0 Å². The van der Waals surface area contributed by atoms with Crippen LogP contribution in [0.5, 0.6) is 0 Å². The number of amides is 1. The average molecular weight is 212 g/mol. The van der Waals surface area contributed by atoms with E-state index in [9.17, 15) is 9.90 Å². The second-order valence-corrected chi connectivity index (χ2v) is 5.03. The lowest BCUT2D eigenvalue weighted by molar-refractivity contribution is -0.141. The largest absolute Gasteiger partial charge is 0.391 e. The van der Waals surface area contributed by atoms with E-state index in [0.717, 1.165) is 38.9 Å². The fourth-order valence-electron chi connectivity index (χ4n) is 2.55. The van der Waals surface area contributed by atoms with Crippen LogP contribution in [0.4, 0.5) is 0 Å². The molecule has 0 saturated carbocycles. The van der Waals surface area contributed by atoms with Crippen LogP contribution in [0.25, 0.3) is 0 Å². The van der Waals surface area contributed by atoms with Gasteiger partial charge in [0.25, 0.3) is 0 Å². The number of hydrogen-bond donors (Lipinski definition) is 2. The van der Waals surface area contributed by atoms with Crippen LogP contribution in [-0.4, -0.2) is 48.2 Å². The molecule has 0 aliphatic carbocycles. The molecule has 2 aliphatic rings. The minimum Gasteiger partial charge on any atom is -0.391 e. The van der Waals surface area contributed by atoms with Crippen LogP contribution in [0.1, 0.15) is 26.2 Å². The number of nitrogens with zero attached hydrogens (tertiary/aromatic N) is 1. The highest BCUT2D eigenvalue weighted by Crippen LogP contribution is 2.29. The number of carbonyl (C=O) groups excluding carboxylic acids is 1. The highest BCUT2D eigenvalue weighted by atomic mass is 16.3. The lowest BCUT2D eigenvalue weighted by Gasteiger charge is -2.35. The molecule has 4 nitrogen and oxygen atoms in total. The van der Waals surface area contributed by atoms with E-state index in [0.29, 0.717) is 6.54 Å². The normalized spacial score (nSPS) is 36.9. The molecule has 1 amide bonds. The summed E-state index contributed by atoms with van der Waals surface area (Å²) in [6, 6.07) is 0. The van der Waals surface area contributed by atoms with Crippen LogP contribution in [0.2, 0.25) is 0 Å². The van der Waals surface area contributed by atoms with Gasteiger partial charge < -0.3 is 15.3 Å². The quantitative estimate of drug-likeness (QED) is 0.642. The summed E-state index contributed by atoms with van der Waals surface area (Å²) in [4.78, 5) is 14.1. The summed E-state index contributed by atoms with van der Waals surface area (Å²) < 4.78 is 0. The minimum absolute atomic E-state index is 0.214. The monoisotopic (exact) mass is 212 g/mol. The van der Waals surface area contributed by atoms with Gasteiger partial charge in [-0.1, -0.05) is 0 Å². The maximum Gasteiger partial charge on any atom is 0.229 e. The van der Waals surface area contributed by atoms with Gasteiger partial charge in [0.2, 0.25) is 5.91 Å². The number of piperidine rings is 1. The molecule has 15 heavy (non-hydrogen) atoms. The number of carbonyl (C=O) groups is 1. The van der Waals surface area contributed by atoms with Crippen molar-refractivity contribution in [3.8, 4) is 0 Å². The number of aliphatic hydroxyl groups is 1. The van der Waals surface area contributed by atoms with Crippen molar-refractivity contribution in [3.63, 3.8) is 0 Å². The molecule has 86 valence electrons. The first-order valence-electron chi connectivity index (χ1n) is 5.80. The zero-order chi connectivity index (χ0) is 10.9. The molecule has 0 spiro atoms. The smallest absolute Gasteiger partial charge is 0.229 e. The third-order valence-corrected chi connectivity index (χ3v) is 3.56. The van der Waals surface area contributed by atoms with E-state index >= 15 is 0 Å². The molecule has 2 fully saturated rings. The van der Waals surface area contributed by atoms with Crippen molar-refractivity contribution in [3.05, 3.63) is 0 Å². The number of likely N-dealkylation sites (tertiary alicyclic amines) is 1. The third kappa shape index (κ3) is 2.16. The maximum absolute atomic E-state index is 12.2. The van der Waals surface area contributed by atoms with Gasteiger partial charge in [-0.05, 0) is 32.7 Å². The van der Waals surface area contributed by atoms with Crippen molar-refractivity contribution in [1.82, 2.24) is 10.2 Å². The van der Waals surface area contributed by atoms with Gasteiger partial charge in [0, 0.05) is 19.6 Å². The predicted octanol–water partition coefficient (Wildman–Crippen LogP) is -0.0307. The van der Waals surface area contributed by atoms with Crippen molar-refractivity contribution < 1.29 is 9.90 Å². The van der Waals surface area contributed by atoms with E-state index in [1.807, 2.05) is 11.8 Å². The Balaban J connectivity index is 1.99. The predicted molar refractivity (Wildman–Crippen MR) is 57.4 cm³/mol. The Labute approximate surface area is 90.6 Å². The Kier molecular flexibility index (Phi) is 2.98. The van der Waals surface area contributed by atoms with Crippen LogP contribution >= 0.6 is 0 Å². The van der Waals surface area contributed by atoms with Crippen molar-refractivity contribution in [1.29, 1.82) is 0 Å². The fourth-order valence-corrected chi connectivity index (χ4v) is 2.55. The Bertz CT molecular complexity index is 249. The number of β-amino-alcohol motifs (C(OH)–C–C–N with tert-alkyl or cyclic N) is 1. The molecule has 2 N–H and O–H groups in total. The minimum atomic E-state index is -0.311. The molecule has 2 heterocycles. The van der Waals surface area contributed by atoms with Crippen LogP contribution < -0.4 is 5.32 Å². The molecular weight excluding hydrogens is 192 g/mol. The Morgan fingerprint density at radius 2 is 2.40 bits per heavy atom. The standard InChI is InChI=1S/C11H20N2O2/c1-11(4-2-5-12-8-11)10(15)13-6-3-9(14)7-13/h9,12,14H,2-8H2,1H3/t9-,11?/m0/s1. The second kappa shape index (κ2) is 4.10. The molecule has 1 unspecified atom stereocenters. The van der Waals surface area contributed by atoms with E-state index < -0.39 is 0 Å². The summed E-state index contributed by atoms with van der Waals surface area (Å²) in [5, 5.41) is 12.7. The zero-order valence-corrected chi connectivity index (χ0v) is 9.33. The van der Waals surface area contributed by atoms with E-state index in [2.05, 4.69) is 5.32 Å². The molecular formula is C11H20N2O2. The zero-order valence-electron chi connectivity index (χ0n) is 9.33. The van der Waals surface area contributed by atoms with Crippen LogP contribution in [-0.2, 0) is 4.79 Å². The summed E-state index contributed by atoms with van der Waals surface area (Å²) in [7, 11) is 0. The van der Waals surface area contributed by atoms with Crippen molar-refractivity contribution >= 4 is 5.91 Å². The summed E-state index contributed by atoms with van der Waals surface area (Å²) >= 11 is 0. The van der Waals surface area contributed by atoms with Gasteiger partial charge >= 0.3 is 0 Å². The number of aliphatic hydroxyl groups excluding tert-OH is 1. The molecule has 2 saturated heterocycles. The molecule has 2 atom stereocenters. The lowest BCUT2D eigenvalue weighted by atomic mass is 9.81. The fraction of sp³-hybridized carbons (Fsp3) is 0.909. The molecule has 2 rings (SSSR count). The molecule has 2 aliphatic heterocycles. The van der Waals surface area contributed by atoms with Gasteiger partial charge in [0.05, 0.1) is 11.5 Å². The molecule has 0 aromatic heterocycles. The van der Waals surface area contributed by atoms with Gasteiger partial charge in [0.15, 0.2) is 0 Å². The maximum atomic E-state index is 12.2. The summed E-state index contributed by atoms with van der Waals surface area (Å²) in [6.45, 7) is 5.07. The first-order valence-corrected chi connectivity index (χ1v) is 5.80. The highest BCUT2D eigenvalue weighted by molar-refractivity contribution is 5.83. The van der Waals surface area contributed by atoms with Crippen LogP contribution in [0, 0.1) is 5.41 Å². The summed E-state index contributed by atoms with van der Waals surface area (Å²) in [5.41, 5.74) is -0.248. The summed E-state index contributed by atoms with van der Waals surface area (Å²) in [6.07, 6.45) is 2.45. The van der Waals surface area contributed by atoms with Gasteiger partial charge in [-0.15, -0.1) is 0 Å². The molecule has 4 heteroatoms. The van der Waals surface area contributed by atoms with Crippen LogP contribution in [0.15, 0.2) is 0 Å². The topological polar surface area (TPSA) is 52.6 Å². The van der Waals surface area contributed by atoms with Gasteiger partial charge in [-0.3, -0.25) is 4.79 Å². The summed E-state index contributed by atoms with van der Waals surface area (Å²) in [5.74, 6) is 0.214. The van der Waals surface area contributed by atoms with Crippen molar-refractivity contribution in [2.45, 2.75) is 32.3 Å².